The van der Waals surface area contributed by atoms with E-state index in [2.05, 4.69) is 12.6 Å². The first-order chi connectivity index (χ1) is 11.3. The summed E-state index contributed by atoms with van der Waals surface area (Å²) in [5.41, 5.74) is 0.848. The van der Waals surface area contributed by atoms with Crippen molar-refractivity contribution in [2.45, 2.75) is 10.1 Å². The topological polar surface area (TPSA) is 9.23 Å². The van der Waals surface area contributed by atoms with Crippen molar-refractivity contribution in [3.8, 4) is 0 Å². The first-order valence-corrected chi connectivity index (χ1v) is 10.6. The second-order valence-electron chi connectivity index (χ2n) is 4.44. The maximum atomic E-state index is 13.6. The third-order valence-corrected chi connectivity index (χ3v) is 6.65. The maximum absolute atomic E-state index is 13.6. The summed E-state index contributed by atoms with van der Waals surface area (Å²) in [6.07, 6.45) is -1.93. The fourth-order valence-corrected chi connectivity index (χ4v) is 4.97. The fourth-order valence-electron chi connectivity index (χ4n) is 1.67. The Kier molecular flexibility index (Phi) is 7.00. The van der Waals surface area contributed by atoms with Gasteiger partial charge in [0.1, 0.15) is 11.5 Å². The maximum Gasteiger partial charge on any atom is 0.419 e. The fraction of sp³-hybridized carbons (Fsp3) is 0.143. The summed E-state index contributed by atoms with van der Waals surface area (Å²) >= 11 is 9.54. The van der Waals surface area contributed by atoms with Crippen LogP contribution in [0.3, 0.4) is 0 Å². The molecule has 0 aliphatic rings. The normalized spacial score (nSPS) is 13.0. The van der Waals surface area contributed by atoms with Gasteiger partial charge in [-0.25, -0.2) is 22.0 Å². The molecule has 1 unspecified atom stereocenters. The molecule has 128 valence electrons. The van der Waals surface area contributed by atoms with Gasteiger partial charge in [0.05, 0.1) is 5.25 Å². The van der Waals surface area contributed by atoms with Crippen LogP contribution in [0.25, 0.3) is 0 Å². The standard InChI is InChI=1S/C14H8F5OPS3/c15-9-10(16)12(18)14(13(19)11(9)17)24-21(23)20-6-8(22)7-4-2-1-3-5-7/h1-5,8H,6H2/p+1/t8-/m1/s1. The summed E-state index contributed by atoms with van der Waals surface area (Å²) in [5, 5.41) is -0.337. The Bertz CT molecular complexity index is 731. The van der Waals surface area contributed by atoms with Crippen LogP contribution in [-0.4, -0.2) is 6.61 Å². The minimum Gasteiger partial charge on any atom is -0.202 e. The molecule has 0 aliphatic carbocycles. The molecule has 0 fully saturated rings. The molecule has 2 aromatic carbocycles. The first-order valence-electron chi connectivity index (χ1n) is 6.35. The zero-order valence-electron chi connectivity index (χ0n) is 11.7. The monoisotopic (exact) mass is 415 g/mol. The molecule has 2 rings (SSSR count). The van der Waals surface area contributed by atoms with Crippen molar-refractivity contribution in [1.82, 2.24) is 0 Å². The van der Waals surface area contributed by atoms with Crippen LogP contribution in [0, 0.1) is 29.1 Å². The van der Waals surface area contributed by atoms with E-state index in [1.54, 1.807) is 12.1 Å². The van der Waals surface area contributed by atoms with E-state index < -0.39 is 40.1 Å². The van der Waals surface area contributed by atoms with Gasteiger partial charge < -0.3 is 0 Å². The van der Waals surface area contributed by atoms with Gasteiger partial charge in [-0.1, -0.05) is 30.3 Å². The van der Waals surface area contributed by atoms with Crippen molar-refractivity contribution in [1.29, 1.82) is 0 Å². The Morgan fingerprint density at radius 3 is 2.00 bits per heavy atom. The highest BCUT2D eigenvalue weighted by molar-refractivity contribution is 8.62. The Labute approximate surface area is 150 Å². The van der Waals surface area contributed by atoms with E-state index in [1.807, 2.05) is 18.2 Å². The smallest absolute Gasteiger partial charge is 0.202 e. The summed E-state index contributed by atoms with van der Waals surface area (Å²) in [6, 6.07) is 9.05. The molecule has 0 aromatic heterocycles. The molecule has 0 radical (unpaired) electrons. The molecule has 0 amide bonds. The number of hydrogen-bond acceptors (Lipinski definition) is 4. The lowest BCUT2D eigenvalue weighted by Crippen LogP contribution is -2.03. The summed E-state index contributed by atoms with van der Waals surface area (Å²) in [7, 11) is 0. The summed E-state index contributed by atoms with van der Waals surface area (Å²) in [5.74, 6) is -10.0. The molecule has 0 spiro atoms. The Hall–Kier alpha value is -0.730. The van der Waals surface area contributed by atoms with E-state index in [-0.39, 0.29) is 11.9 Å². The lowest BCUT2D eigenvalue weighted by molar-refractivity contribution is 0.360. The van der Waals surface area contributed by atoms with Crippen LogP contribution in [0.15, 0.2) is 35.2 Å². The summed E-state index contributed by atoms with van der Waals surface area (Å²) < 4.78 is 71.7. The van der Waals surface area contributed by atoms with Gasteiger partial charge in [0.2, 0.25) is 17.6 Å². The number of halogens is 5. The van der Waals surface area contributed by atoms with Crippen LogP contribution in [0.2, 0.25) is 0 Å². The van der Waals surface area contributed by atoms with E-state index >= 15 is 0 Å². The molecule has 0 aliphatic heterocycles. The Morgan fingerprint density at radius 1 is 0.958 bits per heavy atom. The van der Waals surface area contributed by atoms with E-state index in [9.17, 15) is 22.0 Å². The molecular formula is C14H9F5OPS3+. The van der Waals surface area contributed by atoms with Crippen molar-refractivity contribution >= 4 is 41.9 Å². The third-order valence-electron chi connectivity index (χ3n) is 2.86. The molecular weight excluding hydrogens is 406 g/mol. The van der Waals surface area contributed by atoms with Crippen LogP contribution in [0.4, 0.5) is 22.0 Å². The van der Waals surface area contributed by atoms with Gasteiger partial charge >= 0.3 is 6.13 Å². The van der Waals surface area contributed by atoms with Gasteiger partial charge in [-0.15, -0.1) is 0 Å². The molecule has 2 aromatic rings. The van der Waals surface area contributed by atoms with E-state index in [0.717, 1.165) is 5.56 Å². The van der Waals surface area contributed by atoms with Crippen LogP contribution < -0.4 is 0 Å². The minimum absolute atomic E-state index is 0.0325. The van der Waals surface area contributed by atoms with Crippen LogP contribution >= 0.6 is 30.1 Å². The van der Waals surface area contributed by atoms with Gasteiger partial charge in [-0.2, -0.15) is 17.2 Å². The number of thiol groups is 1. The Balaban J connectivity index is 2.06. The highest BCUT2D eigenvalue weighted by Crippen LogP contribution is 2.48. The minimum atomic E-state index is -2.21. The van der Waals surface area contributed by atoms with Crippen LogP contribution in [-0.2, 0) is 16.3 Å². The average molecular weight is 415 g/mol. The number of rotatable bonds is 6. The largest absolute Gasteiger partial charge is 0.419 e. The number of benzene rings is 2. The SMILES string of the molecule is Fc1c(F)c(F)c(S[P+](=S)OC[C@@H](S)c2ccccc2)c(F)c1F. The van der Waals surface area contributed by atoms with E-state index in [1.165, 1.54) is 0 Å². The molecule has 0 bridgehead atoms. The molecule has 0 saturated carbocycles. The highest BCUT2D eigenvalue weighted by atomic mass is 32.9. The summed E-state index contributed by atoms with van der Waals surface area (Å²) in [6.45, 7) is 0.0325. The lowest BCUT2D eigenvalue weighted by Gasteiger charge is -2.07. The van der Waals surface area contributed by atoms with Crippen LogP contribution in [0.5, 0.6) is 0 Å². The lowest BCUT2D eigenvalue weighted by atomic mass is 10.2. The van der Waals surface area contributed by atoms with Gasteiger partial charge in [-0.3, -0.25) is 0 Å². The molecule has 2 atom stereocenters. The molecule has 0 heterocycles. The Morgan fingerprint density at radius 2 is 1.46 bits per heavy atom. The predicted octanol–water partition coefficient (Wildman–Crippen LogP) is 5.94. The van der Waals surface area contributed by atoms with Gasteiger partial charge in [-0.05, 0) is 5.56 Å². The predicted molar refractivity (Wildman–Crippen MR) is 90.5 cm³/mol. The zero-order valence-corrected chi connectivity index (χ0v) is 15.1. The highest BCUT2D eigenvalue weighted by Gasteiger charge is 2.32. The average Bonchev–Trinajstić information content (AvgIpc) is 2.60. The number of hydrogen-bond donors (Lipinski definition) is 1. The first kappa shape index (κ1) is 19.6. The molecule has 10 heteroatoms. The quantitative estimate of drug-likeness (QED) is 0.206. The van der Waals surface area contributed by atoms with E-state index in [0.29, 0.717) is 11.4 Å². The van der Waals surface area contributed by atoms with Gasteiger partial charge in [0, 0.05) is 0 Å². The molecule has 0 N–H and O–H groups in total. The molecule has 1 nitrogen and oxygen atoms in total. The van der Waals surface area contributed by atoms with Crippen molar-refractivity contribution in [3.63, 3.8) is 0 Å². The van der Waals surface area contributed by atoms with Crippen molar-refractivity contribution in [2.24, 2.45) is 0 Å². The van der Waals surface area contributed by atoms with Crippen LogP contribution in [0.1, 0.15) is 10.8 Å². The van der Waals surface area contributed by atoms with Gasteiger partial charge in [0.25, 0.3) is 0 Å². The molecule has 24 heavy (non-hydrogen) atoms. The van der Waals surface area contributed by atoms with Gasteiger partial charge in [0.15, 0.2) is 34.7 Å². The third kappa shape index (κ3) is 4.46. The second-order valence-corrected chi connectivity index (χ2v) is 9.59. The second kappa shape index (κ2) is 8.58. The van der Waals surface area contributed by atoms with Crippen molar-refractivity contribution in [3.05, 3.63) is 65.0 Å². The van der Waals surface area contributed by atoms with Crippen molar-refractivity contribution in [2.75, 3.05) is 6.61 Å². The summed E-state index contributed by atoms with van der Waals surface area (Å²) in [4.78, 5) is -1.04. The van der Waals surface area contributed by atoms with E-state index in [4.69, 9.17) is 16.3 Å². The van der Waals surface area contributed by atoms with Crippen molar-refractivity contribution < 1.29 is 26.5 Å². The zero-order chi connectivity index (χ0) is 17.9. The molecule has 0 saturated heterocycles.